The van der Waals surface area contributed by atoms with Crippen molar-refractivity contribution in [3.63, 3.8) is 0 Å². The molecule has 0 aromatic carbocycles. The minimum absolute atomic E-state index is 0.771. The van der Waals surface area contributed by atoms with Gasteiger partial charge >= 0.3 is 0 Å². The van der Waals surface area contributed by atoms with Crippen LogP contribution in [0.1, 0.15) is 25.7 Å². The molecular weight excluding hydrogens is 112 g/mol. The van der Waals surface area contributed by atoms with E-state index in [-0.39, 0.29) is 0 Å². The van der Waals surface area contributed by atoms with E-state index in [2.05, 4.69) is 0 Å². The lowest BCUT2D eigenvalue weighted by Crippen LogP contribution is -2.15. The van der Waals surface area contributed by atoms with Crippen LogP contribution in [0.4, 0.5) is 0 Å². The summed E-state index contributed by atoms with van der Waals surface area (Å²) in [4.78, 5) is 0. The van der Waals surface area contributed by atoms with Crippen LogP contribution in [0.15, 0.2) is 0 Å². The Morgan fingerprint density at radius 3 is 2.22 bits per heavy atom. The number of rotatable bonds is 1. The van der Waals surface area contributed by atoms with Crippen molar-refractivity contribution >= 4 is 0 Å². The average molecular weight is 126 g/mol. The summed E-state index contributed by atoms with van der Waals surface area (Å²) < 4.78 is 0. The van der Waals surface area contributed by atoms with Gasteiger partial charge in [0.05, 0.1) is 0 Å². The Hall–Kier alpha value is -0.0800. The molecule has 1 saturated carbocycles. The predicted octanol–water partition coefficient (Wildman–Crippen LogP) is 0.734. The molecule has 0 amide bonds. The lowest BCUT2D eigenvalue weighted by Gasteiger charge is -2.04. The van der Waals surface area contributed by atoms with E-state index in [1.54, 1.807) is 0 Å². The molecule has 0 aromatic heterocycles. The quantitative estimate of drug-likeness (QED) is 0.414. The van der Waals surface area contributed by atoms with Gasteiger partial charge in [0.15, 0.2) is 0 Å². The number of nitrogens with two attached hydrogens (primary N) is 1. The molecule has 0 radical (unpaired) electrons. The van der Waals surface area contributed by atoms with Crippen LogP contribution in [0.25, 0.3) is 0 Å². The number of hydrazine groups is 1. The van der Waals surface area contributed by atoms with E-state index in [0.717, 1.165) is 18.5 Å². The molecule has 2 N–H and O–H groups in total. The van der Waals surface area contributed by atoms with Crippen LogP contribution >= 0.6 is 0 Å². The first-order valence-electron chi connectivity index (χ1n) is 3.89. The number of nitrogens with zero attached hydrogens (tertiary/aromatic N) is 1. The van der Waals surface area contributed by atoms with E-state index in [0.29, 0.717) is 0 Å². The SMILES string of the molecule is NN1CC1C1CCCC1. The molecule has 2 nitrogen and oxygen atoms in total. The van der Waals surface area contributed by atoms with Crippen molar-refractivity contribution < 1.29 is 0 Å². The zero-order valence-corrected chi connectivity index (χ0v) is 5.71. The summed E-state index contributed by atoms with van der Waals surface area (Å²) >= 11 is 0. The second-order valence-corrected chi connectivity index (χ2v) is 3.31. The first-order chi connectivity index (χ1) is 4.38. The van der Waals surface area contributed by atoms with Gasteiger partial charge in [-0.3, -0.25) is 5.84 Å². The number of hydrogen-bond donors (Lipinski definition) is 1. The summed E-state index contributed by atoms with van der Waals surface area (Å²) in [5.74, 6) is 6.53. The summed E-state index contributed by atoms with van der Waals surface area (Å²) in [7, 11) is 0. The van der Waals surface area contributed by atoms with Crippen molar-refractivity contribution in [2.24, 2.45) is 11.8 Å². The van der Waals surface area contributed by atoms with Gasteiger partial charge in [0.2, 0.25) is 0 Å². The molecule has 0 bridgehead atoms. The maximum atomic E-state index is 5.58. The molecule has 2 aliphatic rings. The highest BCUT2D eigenvalue weighted by atomic mass is 15.5. The van der Waals surface area contributed by atoms with Gasteiger partial charge in [-0.25, -0.2) is 5.01 Å². The molecule has 2 atom stereocenters. The summed E-state index contributed by atoms with van der Waals surface area (Å²) in [5.41, 5.74) is 0. The van der Waals surface area contributed by atoms with Crippen LogP contribution in [-0.2, 0) is 0 Å². The van der Waals surface area contributed by atoms with Crippen LogP contribution in [-0.4, -0.2) is 17.6 Å². The Morgan fingerprint density at radius 1 is 1.22 bits per heavy atom. The highest BCUT2D eigenvalue weighted by Gasteiger charge is 2.39. The van der Waals surface area contributed by atoms with Crippen LogP contribution < -0.4 is 5.84 Å². The summed E-state index contributed by atoms with van der Waals surface area (Å²) in [6, 6.07) is 0.771. The zero-order valence-electron chi connectivity index (χ0n) is 5.71. The van der Waals surface area contributed by atoms with Gasteiger partial charge in [-0.05, 0) is 18.8 Å². The van der Waals surface area contributed by atoms with Gasteiger partial charge in [-0.15, -0.1) is 0 Å². The highest BCUT2D eigenvalue weighted by Crippen LogP contribution is 2.34. The maximum absolute atomic E-state index is 5.58. The van der Waals surface area contributed by atoms with E-state index >= 15 is 0 Å². The van der Waals surface area contributed by atoms with Crippen molar-refractivity contribution in [2.75, 3.05) is 6.54 Å². The molecule has 2 unspecified atom stereocenters. The first kappa shape index (κ1) is 5.69. The smallest absolute Gasteiger partial charge is 0.0411 e. The molecule has 9 heavy (non-hydrogen) atoms. The highest BCUT2D eigenvalue weighted by molar-refractivity contribution is 4.92. The van der Waals surface area contributed by atoms with E-state index in [9.17, 15) is 0 Å². The Bertz CT molecular complexity index is 107. The molecule has 1 heterocycles. The van der Waals surface area contributed by atoms with Gasteiger partial charge in [-0.2, -0.15) is 0 Å². The first-order valence-corrected chi connectivity index (χ1v) is 3.89. The van der Waals surface area contributed by atoms with Crippen molar-refractivity contribution in [3.8, 4) is 0 Å². The minimum atomic E-state index is 0.771. The molecule has 0 spiro atoms. The lowest BCUT2D eigenvalue weighted by atomic mass is 10.1. The maximum Gasteiger partial charge on any atom is 0.0411 e. The standard InChI is InChI=1S/C7H14N2/c8-9-5-7(9)6-3-1-2-4-6/h6-7H,1-5,8H2. The summed E-state index contributed by atoms with van der Waals surface area (Å²) in [6.45, 7) is 1.16. The number of hydrogen-bond acceptors (Lipinski definition) is 2. The summed E-state index contributed by atoms with van der Waals surface area (Å²) in [5, 5.41) is 1.97. The molecule has 52 valence electrons. The fourth-order valence-corrected chi connectivity index (χ4v) is 1.93. The third kappa shape index (κ3) is 0.970. The normalized spacial score (nSPS) is 43.7. The van der Waals surface area contributed by atoms with Crippen LogP contribution in [0, 0.1) is 5.92 Å². The van der Waals surface area contributed by atoms with Crippen molar-refractivity contribution in [1.29, 1.82) is 0 Å². The Labute approximate surface area is 56.0 Å². The second-order valence-electron chi connectivity index (χ2n) is 3.31. The Kier molecular flexibility index (Phi) is 1.24. The molecule has 1 aliphatic heterocycles. The second kappa shape index (κ2) is 1.96. The van der Waals surface area contributed by atoms with Crippen molar-refractivity contribution in [3.05, 3.63) is 0 Å². The van der Waals surface area contributed by atoms with E-state index in [4.69, 9.17) is 5.84 Å². The summed E-state index contributed by atoms with van der Waals surface area (Å²) in [6.07, 6.45) is 5.74. The lowest BCUT2D eigenvalue weighted by molar-refractivity contribution is 0.423. The fourth-order valence-electron chi connectivity index (χ4n) is 1.93. The largest absolute Gasteiger partial charge is 0.268 e. The van der Waals surface area contributed by atoms with Gasteiger partial charge in [0.1, 0.15) is 0 Å². The van der Waals surface area contributed by atoms with Gasteiger partial charge in [0, 0.05) is 12.6 Å². The van der Waals surface area contributed by atoms with Crippen molar-refractivity contribution in [1.82, 2.24) is 5.01 Å². The third-order valence-electron chi connectivity index (χ3n) is 2.63. The molecule has 0 aromatic rings. The monoisotopic (exact) mass is 126 g/mol. The molecule has 2 fully saturated rings. The van der Waals surface area contributed by atoms with Crippen molar-refractivity contribution in [2.45, 2.75) is 31.7 Å². The third-order valence-corrected chi connectivity index (χ3v) is 2.63. The van der Waals surface area contributed by atoms with E-state index in [1.165, 1.54) is 25.7 Å². The zero-order chi connectivity index (χ0) is 6.27. The van der Waals surface area contributed by atoms with E-state index in [1.807, 2.05) is 5.01 Å². The minimum Gasteiger partial charge on any atom is -0.268 e. The predicted molar refractivity (Wildman–Crippen MR) is 36.6 cm³/mol. The fraction of sp³-hybridized carbons (Fsp3) is 1.00. The topological polar surface area (TPSA) is 29.0 Å². The molecule has 2 rings (SSSR count). The molecular formula is C7H14N2. The molecule has 1 saturated heterocycles. The van der Waals surface area contributed by atoms with Crippen LogP contribution in [0.2, 0.25) is 0 Å². The van der Waals surface area contributed by atoms with Crippen LogP contribution in [0.3, 0.4) is 0 Å². The van der Waals surface area contributed by atoms with Gasteiger partial charge in [-0.1, -0.05) is 12.8 Å². The molecule has 2 heteroatoms. The Morgan fingerprint density at radius 2 is 1.78 bits per heavy atom. The van der Waals surface area contributed by atoms with E-state index < -0.39 is 0 Å². The molecule has 1 aliphatic carbocycles. The van der Waals surface area contributed by atoms with Crippen LogP contribution in [0.5, 0.6) is 0 Å². The van der Waals surface area contributed by atoms with Gasteiger partial charge < -0.3 is 0 Å². The Balaban J connectivity index is 1.85. The average Bonchev–Trinajstić information content (AvgIpc) is 2.44. The van der Waals surface area contributed by atoms with Gasteiger partial charge in [0.25, 0.3) is 0 Å².